The number of nitrogens with zero attached hydrogens (tertiary/aromatic N) is 2. The summed E-state index contributed by atoms with van der Waals surface area (Å²) in [7, 11) is 0. The zero-order valence-electron chi connectivity index (χ0n) is 15.2. The molecule has 1 atom stereocenters. The average Bonchev–Trinajstić information content (AvgIpc) is 3.11. The van der Waals surface area contributed by atoms with Crippen LogP contribution in [0.2, 0.25) is 0 Å². The van der Waals surface area contributed by atoms with Crippen molar-refractivity contribution < 1.29 is 14.6 Å². The van der Waals surface area contributed by atoms with Crippen LogP contribution < -0.4 is 4.74 Å². The lowest BCUT2D eigenvalue weighted by molar-refractivity contribution is -0.144. The van der Waals surface area contributed by atoms with Crippen LogP contribution in [-0.2, 0) is 11.3 Å². The van der Waals surface area contributed by atoms with E-state index >= 15 is 0 Å². The third-order valence-corrected chi connectivity index (χ3v) is 5.45. The summed E-state index contributed by atoms with van der Waals surface area (Å²) >= 11 is 0. The molecular weight excluding hydrogens is 316 g/mol. The highest BCUT2D eigenvalue weighted by atomic mass is 16.5. The lowest BCUT2D eigenvalue weighted by Gasteiger charge is -2.36. The molecule has 0 spiro atoms. The largest absolute Gasteiger partial charge is 0.479 e. The molecule has 1 unspecified atom stereocenters. The smallest absolute Gasteiger partial charge is 0.344 e. The van der Waals surface area contributed by atoms with Crippen LogP contribution in [0.25, 0.3) is 0 Å². The van der Waals surface area contributed by atoms with Crippen LogP contribution in [0.4, 0.5) is 0 Å². The normalized spacial score (nSPS) is 21.3. The van der Waals surface area contributed by atoms with Crippen molar-refractivity contribution in [1.29, 1.82) is 0 Å². The van der Waals surface area contributed by atoms with Crippen molar-refractivity contribution in [2.75, 3.05) is 32.7 Å². The number of carboxylic acids is 1. The van der Waals surface area contributed by atoms with Gasteiger partial charge in [-0.2, -0.15) is 0 Å². The molecule has 2 aliphatic rings. The quantitative estimate of drug-likeness (QED) is 0.823. The molecule has 1 heterocycles. The van der Waals surface area contributed by atoms with E-state index in [1.165, 1.54) is 50.9 Å². The summed E-state index contributed by atoms with van der Waals surface area (Å²) in [6.07, 6.45) is 4.88. The van der Waals surface area contributed by atoms with E-state index in [1.54, 1.807) is 6.92 Å². The van der Waals surface area contributed by atoms with Gasteiger partial charge < -0.3 is 14.7 Å². The fourth-order valence-electron chi connectivity index (χ4n) is 3.87. The van der Waals surface area contributed by atoms with Gasteiger partial charge in [-0.15, -0.1) is 0 Å². The number of ether oxygens (including phenoxy) is 1. The Balaban J connectivity index is 1.41. The molecule has 5 heteroatoms. The molecule has 1 N–H and O–H groups in total. The van der Waals surface area contributed by atoms with Crippen LogP contribution in [-0.4, -0.2) is 59.7 Å². The van der Waals surface area contributed by atoms with Gasteiger partial charge in [-0.25, -0.2) is 4.79 Å². The Bertz CT molecular complexity index is 547. The first-order valence-corrected chi connectivity index (χ1v) is 9.53. The minimum absolute atomic E-state index is 0.611. The molecule has 0 radical (unpaired) electrons. The summed E-state index contributed by atoms with van der Waals surface area (Å²) in [5.74, 6) is 0.604. The first-order chi connectivity index (χ1) is 12.1. The molecule has 0 aromatic heterocycles. The van der Waals surface area contributed by atoms with E-state index in [0.717, 1.165) is 25.6 Å². The van der Waals surface area contributed by atoms with Gasteiger partial charge in [0.1, 0.15) is 5.75 Å². The maximum Gasteiger partial charge on any atom is 0.344 e. The van der Waals surface area contributed by atoms with Gasteiger partial charge in [-0.3, -0.25) is 4.90 Å². The predicted octanol–water partition coefficient (Wildman–Crippen LogP) is 2.85. The number of carboxylic acid groups (broad SMARTS) is 1. The summed E-state index contributed by atoms with van der Waals surface area (Å²) in [5, 5.41) is 8.89. The first-order valence-electron chi connectivity index (χ1n) is 9.53. The molecule has 1 saturated carbocycles. The molecule has 2 fully saturated rings. The van der Waals surface area contributed by atoms with E-state index in [-0.39, 0.29) is 0 Å². The van der Waals surface area contributed by atoms with Crippen LogP contribution in [0, 0.1) is 5.92 Å². The Kier molecular flexibility index (Phi) is 6.32. The first kappa shape index (κ1) is 18.2. The summed E-state index contributed by atoms with van der Waals surface area (Å²) in [5.41, 5.74) is 1.25. The number of aliphatic carboxylic acids is 1. The second-order valence-electron chi connectivity index (χ2n) is 7.47. The summed E-state index contributed by atoms with van der Waals surface area (Å²) < 4.78 is 5.38. The van der Waals surface area contributed by atoms with Crippen LogP contribution in [0.3, 0.4) is 0 Å². The van der Waals surface area contributed by atoms with Crippen LogP contribution in [0.1, 0.15) is 38.2 Å². The lowest BCUT2D eigenvalue weighted by atomic mass is 10.1. The highest BCUT2D eigenvalue weighted by Crippen LogP contribution is 2.26. The Morgan fingerprint density at radius 1 is 1.12 bits per heavy atom. The fourth-order valence-corrected chi connectivity index (χ4v) is 3.87. The maximum atomic E-state index is 10.8. The van der Waals surface area contributed by atoms with Gasteiger partial charge in [0.05, 0.1) is 0 Å². The van der Waals surface area contributed by atoms with E-state index in [0.29, 0.717) is 5.75 Å². The van der Waals surface area contributed by atoms with Gasteiger partial charge in [0.2, 0.25) is 0 Å². The van der Waals surface area contributed by atoms with Crippen molar-refractivity contribution in [2.45, 2.75) is 45.3 Å². The summed E-state index contributed by atoms with van der Waals surface area (Å²) in [6, 6.07) is 7.81. The van der Waals surface area contributed by atoms with Gasteiger partial charge >= 0.3 is 5.97 Å². The van der Waals surface area contributed by atoms with Crippen LogP contribution in [0.5, 0.6) is 5.75 Å². The van der Waals surface area contributed by atoms with E-state index in [9.17, 15) is 4.79 Å². The van der Waals surface area contributed by atoms with Gasteiger partial charge in [0, 0.05) is 39.3 Å². The van der Waals surface area contributed by atoms with Crippen molar-refractivity contribution in [2.24, 2.45) is 5.92 Å². The van der Waals surface area contributed by atoms with Crippen LogP contribution in [0.15, 0.2) is 24.3 Å². The molecule has 138 valence electrons. The Morgan fingerprint density at radius 3 is 2.32 bits per heavy atom. The van der Waals surface area contributed by atoms with Gasteiger partial charge in [0.25, 0.3) is 0 Å². The molecule has 5 nitrogen and oxygen atoms in total. The summed E-state index contributed by atoms with van der Waals surface area (Å²) in [6.45, 7) is 8.39. The third kappa shape index (κ3) is 5.44. The zero-order valence-corrected chi connectivity index (χ0v) is 15.2. The number of rotatable bonds is 7. The monoisotopic (exact) mass is 346 g/mol. The van der Waals surface area contributed by atoms with E-state index in [2.05, 4.69) is 9.80 Å². The highest BCUT2D eigenvalue weighted by Gasteiger charge is 2.22. The van der Waals surface area contributed by atoms with Crippen molar-refractivity contribution in [3.05, 3.63) is 29.8 Å². The van der Waals surface area contributed by atoms with Crippen molar-refractivity contribution >= 4 is 5.97 Å². The Morgan fingerprint density at radius 2 is 1.72 bits per heavy atom. The Labute approximate surface area is 150 Å². The standard InChI is InChI=1S/C20H30N2O3/c1-16(20(23)24)25-19-8-6-18(7-9-19)15-22-12-10-21(11-13-22)14-17-4-2-3-5-17/h6-9,16-17H,2-5,10-15H2,1H3,(H,23,24). The molecule has 0 bridgehead atoms. The van der Waals surface area contributed by atoms with Gasteiger partial charge in [-0.05, 0) is 43.4 Å². The van der Waals surface area contributed by atoms with E-state index in [4.69, 9.17) is 9.84 Å². The third-order valence-electron chi connectivity index (χ3n) is 5.45. The van der Waals surface area contributed by atoms with Gasteiger partial charge in [0.15, 0.2) is 6.10 Å². The summed E-state index contributed by atoms with van der Waals surface area (Å²) in [4.78, 5) is 16.0. The number of carbonyl (C=O) groups is 1. The molecule has 1 aromatic rings. The van der Waals surface area contributed by atoms with Gasteiger partial charge in [-0.1, -0.05) is 25.0 Å². The molecule has 0 amide bonds. The average molecular weight is 346 g/mol. The number of piperazine rings is 1. The second-order valence-corrected chi connectivity index (χ2v) is 7.47. The minimum atomic E-state index is -0.945. The molecular formula is C20H30N2O3. The van der Waals surface area contributed by atoms with Crippen molar-refractivity contribution in [3.8, 4) is 5.75 Å². The van der Waals surface area contributed by atoms with E-state index < -0.39 is 12.1 Å². The topological polar surface area (TPSA) is 53.0 Å². The molecule has 25 heavy (non-hydrogen) atoms. The van der Waals surface area contributed by atoms with Crippen LogP contribution >= 0.6 is 0 Å². The number of hydrogen-bond donors (Lipinski definition) is 1. The highest BCUT2D eigenvalue weighted by molar-refractivity contribution is 5.72. The zero-order chi connectivity index (χ0) is 17.6. The maximum absolute atomic E-state index is 10.8. The lowest BCUT2D eigenvalue weighted by Crippen LogP contribution is -2.47. The number of hydrogen-bond acceptors (Lipinski definition) is 4. The molecule has 1 saturated heterocycles. The minimum Gasteiger partial charge on any atom is -0.479 e. The van der Waals surface area contributed by atoms with Crippen molar-refractivity contribution in [1.82, 2.24) is 9.80 Å². The van der Waals surface area contributed by atoms with E-state index in [1.807, 2.05) is 24.3 Å². The van der Waals surface area contributed by atoms with Crippen molar-refractivity contribution in [3.63, 3.8) is 0 Å². The number of benzene rings is 1. The Hall–Kier alpha value is -1.59. The molecule has 1 aromatic carbocycles. The molecule has 1 aliphatic carbocycles. The SMILES string of the molecule is CC(Oc1ccc(CN2CCN(CC3CCCC3)CC2)cc1)C(=O)O. The molecule has 1 aliphatic heterocycles. The molecule has 3 rings (SSSR count). The fraction of sp³-hybridized carbons (Fsp3) is 0.650. The predicted molar refractivity (Wildman–Crippen MR) is 97.8 cm³/mol. The second kappa shape index (κ2) is 8.68.